The first-order valence-electron chi connectivity index (χ1n) is 7.48. The maximum absolute atomic E-state index is 14.8. The van der Waals surface area contributed by atoms with Gasteiger partial charge in [0.1, 0.15) is 4.64 Å². The topological polar surface area (TPSA) is 201 Å². The third-order valence-electron chi connectivity index (χ3n) is 3.20. The van der Waals surface area contributed by atoms with Crippen molar-refractivity contribution in [3.63, 3.8) is 0 Å². The fraction of sp³-hybridized carbons (Fsp3) is 0.600. The summed E-state index contributed by atoms with van der Waals surface area (Å²) >= 11 is 9.50. The summed E-state index contributed by atoms with van der Waals surface area (Å²) < 4.78 is 73.3. The van der Waals surface area contributed by atoms with Gasteiger partial charge in [-0.25, -0.2) is 22.5 Å². The number of hydrogen-bond donors (Lipinski definition) is 6. The van der Waals surface area contributed by atoms with E-state index >= 15 is 0 Å². The Balaban J connectivity index is 2.71. The summed E-state index contributed by atoms with van der Waals surface area (Å²) in [6, 6.07) is 0. The average molecular weight is 536 g/mol. The zero-order valence-electron chi connectivity index (χ0n) is 14.8. The fourth-order valence-corrected chi connectivity index (χ4v) is 5.39. The number of H-pyrrole nitrogens is 1. The van der Waals surface area contributed by atoms with E-state index in [1.807, 2.05) is 0 Å². The Morgan fingerprint density at radius 1 is 1.20 bits per heavy atom. The van der Waals surface area contributed by atoms with E-state index in [4.69, 9.17) is 26.9 Å². The van der Waals surface area contributed by atoms with Crippen LogP contribution in [0.25, 0.3) is 0 Å². The van der Waals surface area contributed by atoms with Crippen LogP contribution in [0, 0.1) is 15.2 Å². The molecule has 0 amide bonds. The molecule has 1 rings (SSSR count). The van der Waals surface area contributed by atoms with E-state index in [9.17, 15) is 32.5 Å². The number of nitrogens with one attached hydrogen (secondary N) is 1. The molecule has 0 saturated carbocycles. The first-order valence-corrected chi connectivity index (χ1v) is 12.8. The third kappa shape index (κ3) is 9.49. The van der Waals surface area contributed by atoms with E-state index in [1.165, 1.54) is 0 Å². The summed E-state index contributed by atoms with van der Waals surface area (Å²) in [5.41, 5.74) is -2.46. The van der Waals surface area contributed by atoms with Crippen LogP contribution < -0.4 is 0 Å². The van der Waals surface area contributed by atoms with Crippen LogP contribution in [0.5, 0.6) is 0 Å². The van der Waals surface area contributed by atoms with E-state index in [0.717, 1.165) is 17.7 Å². The zero-order valence-corrected chi connectivity index (χ0v) is 19.1. The van der Waals surface area contributed by atoms with E-state index in [-0.39, 0.29) is 9.41 Å². The Bertz CT molecular complexity index is 1030. The van der Waals surface area contributed by atoms with Gasteiger partial charge in [0.15, 0.2) is 16.3 Å². The van der Waals surface area contributed by atoms with Gasteiger partial charge in [-0.3, -0.25) is 4.52 Å². The number of rotatable bonds is 11. The largest absolute Gasteiger partial charge is 0.490 e. The predicted octanol–water partition coefficient (Wildman–Crippen LogP) is 2.24. The van der Waals surface area contributed by atoms with Crippen LogP contribution in [0.3, 0.4) is 0 Å². The molecule has 0 aliphatic carbocycles. The Morgan fingerprint density at radius 3 is 2.30 bits per heavy atom. The molecule has 0 saturated heterocycles. The highest BCUT2D eigenvalue weighted by Crippen LogP contribution is 2.66. The number of phosphoric acid groups is 3. The molecule has 1 heterocycles. The predicted molar refractivity (Wildman–Crippen MR) is 100 cm³/mol. The number of alkyl halides is 1. The van der Waals surface area contributed by atoms with Crippen molar-refractivity contribution in [1.29, 1.82) is 0 Å². The summed E-state index contributed by atoms with van der Waals surface area (Å²) in [5, 5.41) is 9.96. The van der Waals surface area contributed by atoms with Crippen molar-refractivity contribution in [2.45, 2.75) is 31.7 Å². The lowest BCUT2D eigenvalue weighted by Gasteiger charge is -2.27. The molecule has 3 unspecified atom stereocenters. The Labute approximate surface area is 177 Å². The molecule has 0 bridgehead atoms. The summed E-state index contributed by atoms with van der Waals surface area (Å²) in [4.78, 5) is 37.4. The summed E-state index contributed by atoms with van der Waals surface area (Å²) in [6.45, 7) is -0.629. The van der Waals surface area contributed by atoms with Crippen LogP contribution in [0.15, 0.2) is 6.20 Å². The minimum atomic E-state index is -5.69. The van der Waals surface area contributed by atoms with E-state index in [0.29, 0.717) is 0 Å². The van der Waals surface area contributed by atoms with E-state index in [1.54, 1.807) is 0 Å². The lowest BCUT2D eigenvalue weighted by atomic mass is 9.98. The van der Waals surface area contributed by atoms with Crippen LogP contribution in [0.2, 0.25) is 0 Å². The molecule has 0 aliphatic heterocycles. The maximum atomic E-state index is 14.8. The van der Waals surface area contributed by atoms with E-state index < -0.39 is 60.6 Å². The number of aliphatic hydroxyl groups excluding tert-OH is 1. The molecule has 0 spiro atoms. The smallest absolute Gasteiger partial charge is 0.390 e. The van der Waals surface area contributed by atoms with Crippen molar-refractivity contribution >= 4 is 47.9 Å². The number of aromatic nitrogens is 2. The number of hydrogen-bond acceptors (Lipinski definition) is 9. The molecule has 0 fully saturated rings. The second-order valence-corrected chi connectivity index (χ2v) is 11.1. The third-order valence-corrected chi connectivity index (χ3v) is 7.67. The van der Waals surface area contributed by atoms with Gasteiger partial charge in [-0.15, -0.1) is 0 Å². The summed E-state index contributed by atoms with van der Waals surface area (Å²) in [7, 11) is -16.6. The van der Waals surface area contributed by atoms with Gasteiger partial charge in [0.2, 0.25) is 0 Å². The van der Waals surface area contributed by atoms with Gasteiger partial charge >= 0.3 is 23.5 Å². The van der Waals surface area contributed by atoms with Crippen LogP contribution >= 0.6 is 47.9 Å². The summed E-state index contributed by atoms with van der Waals surface area (Å²) in [5.74, 6) is -0.892. The highest BCUT2D eigenvalue weighted by Gasteiger charge is 2.41. The SMILES string of the molecule is CC(F)(Cn1cc(F)c(=S)[nH]c1=S)[C@@H](O)CCOP(=O)(O)OP(=O)(O)OP(=O)(O)O. The quantitative estimate of drug-likeness (QED) is 0.178. The molecule has 1 aromatic heterocycles. The van der Waals surface area contributed by atoms with Crippen LogP contribution in [0.4, 0.5) is 8.78 Å². The van der Waals surface area contributed by atoms with Gasteiger partial charge in [-0.1, -0.05) is 12.2 Å². The molecule has 0 aliphatic rings. The molecule has 0 radical (unpaired) electrons. The molecular weight excluding hydrogens is 519 g/mol. The minimum absolute atomic E-state index is 0.134. The highest BCUT2D eigenvalue weighted by atomic mass is 32.1. The number of nitrogens with zero attached hydrogens (tertiary/aromatic N) is 1. The Hall–Kier alpha value is -0.250. The molecule has 6 N–H and O–H groups in total. The number of phosphoric ester groups is 1. The molecule has 30 heavy (non-hydrogen) atoms. The second-order valence-electron chi connectivity index (χ2n) is 5.87. The fourth-order valence-electron chi connectivity index (χ4n) is 1.92. The molecule has 0 aromatic carbocycles. The monoisotopic (exact) mass is 536 g/mol. The Morgan fingerprint density at radius 2 is 1.77 bits per heavy atom. The van der Waals surface area contributed by atoms with Gasteiger partial charge in [-0.05, 0) is 19.1 Å². The van der Waals surface area contributed by atoms with Gasteiger partial charge < -0.3 is 34.2 Å². The first-order chi connectivity index (χ1) is 13.3. The summed E-state index contributed by atoms with van der Waals surface area (Å²) in [6.07, 6.45) is -1.70. The second kappa shape index (κ2) is 10.1. The molecule has 13 nitrogen and oxygen atoms in total. The van der Waals surface area contributed by atoms with Crippen LogP contribution in [-0.4, -0.2) is 52.6 Å². The minimum Gasteiger partial charge on any atom is -0.390 e. The maximum Gasteiger partial charge on any atom is 0.490 e. The van der Waals surface area contributed by atoms with Crippen molar-refractivity contribution in [3.8, 4) is 0 Å². The molecular formula is C10H17F2N2O11P3S2. The van der Waals surface area contributed by atoms with Crippen molar-refractivity contribution in [2.24, 2.45) is 0 Å². The van der Waals surface area contributed by atoms with Gasteiger partial charge in [-0.2, -0.15) is 8.62 Å². The van der Waals surface area contributed by atoms with Gasteiger partial charge in [0.25, 0.3) is 0 Å². The standard InChI is InChI=1S/C10H17F2N2O11P3S2/c1-10(12,5-14-4-6(11)8(29)13-9(14)30)7(15)2-3-23-27(19,20)25-28(21,22)24-26(16,17)18/h4,7,15H,2-3,5H2,1H3,(H,19,20)(H,21,22)(H,13,29,30)(H2,16,17,18)/t7-,10?/m0/s1. The van der Waals surface area contributed by atoms with Crippen molar-refractivity contribution in [2.75, 3.05) is 6.61 Å². The Kier molecular flexibility index (Phi) is 9.38. The number of aliphatic hydroxyl groups is 1. The van der Waals surface area contributed by atoms with Gasteiger partial charge in [0, 0.05) is 12.6 Å². The van der Waals surface area contributed by atoms with Crippen molar-refractivity contribution in [1.82, 2.24) is 9.55 Å². The van der Waals surface area contributed by atoms with Crippen LogP contribution in [-0.2, 0) is 33.4 Å². The number of aromatic amines is 1. The lowest BCUT2D eigenvalue weighted by Crippen LogP contribution is -2.40. The normalized spacial score (nSPS) is 19.5. The number of halogens is 2. The molecule has 1 aromatic rings. The van der Waals surface area contributed by atoms with E-state index in [2.05, 4.69) is 30.3 Å². The first kappa shape index (κ1) is 27.8. The molecule has 174 valence electrons. The van der Waals surface area contributed by atoms with Crippen molar-refractivity contribution in [3.05, 3.63) is 21.4 Å². The van der Waals surface area contributed by atoms with Crippen molar-refractivity contribution < 1.29 is 60.3 Å². The molecule has 4 atom stereocenters. The molecule has 20 heteroatoms. The lowest BCUT2D eigenvalue weighted by molar-refractivity contribution is -0.0210. The van der Waals surface area contributed by atoms with Crippen LogP contribution in [0.1, 0.15) is 13.3 Å². The van der Waals surface area contributed by atoms with Gasteiger partial charge in [0.05, 0.1) is 19.3 Å². The average Bonchev–Trinajstić information content (AvgIpc) is 2.48. The highest BCUT2D eigenvalue weighted by molar-refractivity contribution is 7.72. The zero-order chi connectivity index (χ0) is 23.5.